The summed E-state index contributed by atoms with van der Waals surface area (Å²) in [5.74, 6) is 1.11. The SMILES string of the molecule is CCOC(=O)C(C)=Cc1ccc(O[Si](C)(C)C(C)(C)C)c(OC)c1. The van der Waals surface area contributed by atoms with E-state index in [4.69, 9.17) is 13.9 Å². The van der Waals surface area contributed by atoms with Gasteiger partial charge >= 0.3 is 5.97 Å². The van der Waals surface area contributed by atoms with Crippen molar-refractivity contribution in [1.29, 1.82) is 0 Å². The normalized spacial score (nSPS) is 12.8. The molecule has 1 aromatic carbocycles. The molecular formula is C19H30O4Si. The Morgan fingerprint density at radius 1 is 1.21 bits per heavy atom. The van der Waals surface area contributed by atoms with Crippen LogP contribution >= 0.6 is 0 Å². The summed E-state index contributed by atoms with van der Waals surface area (Å²) < 4.78 is 16.8. The van der Waals surface area contributed by atoms with Crippen LogP contribution in [0.15, 0.2) is 23.8 Å². The second-order valence-corrected chi connectivity index (χ2v) is 12.0. The maximum atomic E-state index is 11.7. The van der Waals surface area contributed by atoms with E-state index in [0.717, 1.165) is 11.3 Å². The molecule has 0 spiro atoms. The largest absolute Gasteiger partial charge is 0.541 e. The van der Waals surface area contributed by atoms with Gasteiger partial charge in [-0.05, 0) is 55.8 Å². The smallest absolute Gasteiger partial charge is 0.333 e. The summed E-state index contributed by atoms with van der Waals surface area (Å²) in [5, 5.41) is 0.108. The van der Waals surface area contributed by atoms with Gasteiger partial charge in [-0.3, -0.25) is 0 Å². The molecule has 0 saturated heterocycles. The number of hydrogen-bond donors (Lipinski definition) is 0. The highest BCUT2D eigenvalue weighted by Crippen LogP contribution is 2.40. The predicted octanol–water partition coefficient (Wildman–Crippen LogP) is 5.05. The number of carbonyl (C=O) groups excluding carboxylic acids is 1. The maximum Gasteiger partial charge on any atom is 0.333 e. The van der Waals surface area contributed by atoms with Gasteiger partial charge in [-0.1, -0.05) is 26.8 Å². The average molecular weight is 351 g/mol. The van der Waals surface area contributed by atoms with Crippen LogP contribution < -0.4 is 9.16 Å². The third-order valence-electron chi connectivity index (χ3n) is 4.34. The Bertz CT molecular complexity index is 612. The van der Waals surface area contributed by atoms with E-state index >= 15 is 0 Å². The van der Waals surface area contributed by atoms with E-state index in [0.29, 0.717) is 17.9 Å². The highest BCUT2D eigenvalue weighted by molar-refractivity contribution is 6.74. The summed E-state index contributed by atoms with van der Waals surface area (Å²) in [4.78, 5) is 11.7. The molecule has 0 aliphatic heterocycles. The van der Waals surface area contributed by atoms with Crippen LogP contribution in [0.2, 0.25) is 18.1 Å². The van der Waals surface area contributed by atoms with E-state index in [-0.39, 0.29) is 11.0 Å². The van der Waals surface area contributed by atoms with Crippen LogP contribution in [-0.4, -0.2) is 28.0 Å². The molecule has 24 heavy (non-hydrogen) atoms. The summed E-state index contributed by atoms with van der Waals surface area (Å²) in [6, 6.07) is 5.71. The Labute approximate surface area is 146 Å². The molecule has 0 aromatic heterocycles. The third-order valence-corrected chi connectivity index (χ3v) is 8.68. The van der Waals surface area contributed by atoms with Crippen LogP contribution in [0.1, 0.15) is 40.2 Å². The molecule has 0 bridgehead atoms. The lowest BCUT2D eigenvalue weighted by Gasteiger charge is -2.36. The van der Waals surface area contributed by atoms with Crippen LogP contribution in [0.25, 0.3) is 6.08 Å². The molecule has 0 amide bonds. The van der Waals surface area contributed by atoms with Gasteiger partial charge in [0.1, 0.15) is 5.75 Å². The van der Waals surface area contributed by atoms with Gasteiger partial charge in [-0.15, -0.1) is 0 Å². The van der Waals surface area contributed by atoms with E-state index in [1.54, 1.807) is 27.0 Å². The Morgan fingerprint density at radius 2 is 1.83 bits per heavy atom. The van der Waals surface area contributed by atoms with E-state index < -0.39 is 8.32 Å². The van der Waals surface area contributed by atoms with Gasteiger partial charge in [0.15, 0.2) is 5.75 Å². The molecule has 0 aliphatic carbocycles. The lowest BCUT2D eigenvalue weighted by Crippen LogP contribution is -2.43. The average Bonchev–Trinajstić information content (AvgIpc) is 2.47. The second kappa shape index (κ2) is 7.88. The summed E-state index contributed by atoms with van der Waals surface area (Å²) in [6.07, 6.45) is 1.79. The maximum absolute atomic E-state index is 11.7. The van der Waals surface area contributed by atoms with Gasteiger partial charge in [0.05, 0.1) is 13.7 Å². The topological polar surface area (TPSA) is 44.8 Å². The Morgan fingerprint density at radius 3 is 2.33 bits per heavy atom. The molecule has 1 rings (SSSR count). The van der Waals surface area contributed by atoms with Gasteiger partial charge in [0.25, 0.3) is 8.32 Å². The van der Waals surface area contributed by atoms with Gasteiger partial charge in [0, 0.05) is 5.57 Å². The fourth-order valence-corrected chi connectivity index (χ4v) is 2.86. The number of rotatable bonds is 6. The molecule has 0 heterocycles. The Hall–Kier alpha value is -1.75. The molecule has 0 aliphatic rings. The minimum Gasteiger partial charge on any atom is -0.541 e. The van der Waals surface area contributed by atoms with Gasteiger partial charge in [-0.2, -0.15) is 0 Å². The van der Waals surface area contributed by atoms with Crippen molar-refractivity contribution in [2.24, 2.45) is 0 Å². The highest BCUT2D eigenvalue weighted by Gasteiger charge is 2.39. The summed E-state index contributed by atoms with van der Waals surface area (Å²) >= 11 is 0. The zero-order chi connectivity index (χ0) is 18.5. The van der Waals surface area contributed by atoms with Crippen LogP contribution in [0.3, 0.4) is 0 Å². The Balaban J connectivity index is 3.10. The van der Waals surface area contributed by atoms with Crippen LogP contribution in [0.5, 0.6) is 11.5 Å². The Kier molecular flexibility index (Phi) is 6.66. The first-order valence-electron chi connectivity index (χ1n) is 8.24. The zero-order valence-electron chi connectivity index (χ0n) is 16.1. The number of methoxy groups -OCH3 is 1. The van der Waals surface area contributed by atoms with Gasteiger partial charge in [-0.25, -0.2) is 4.79 Å². The fourth-order valence-electron chi connectivity index (χ4n) is 1.84. The van der Waals surface area contributed by atoms with Crippen molar-refractivity contribution in [2.45, 2.75) is 52.8 Å². The first-order chi connectivity index (χ1) is 11.0. The first kappa shape index (κ1) is 20.3. The van der Waals surface area contributed by atoms with E-state index in [1.807, 2.05) is 18.2 Å². The highest BCUT2D eigenvalue weighted by atomic mass is 28.4. The zero-order valence-corrected chi connectivity index (χ0v) is 17.1. The molecule has 0 radical (unpaired) electrons. The first-order valence-corrected chi connectivity index (χ1v) is 11.1. The summed E-state index contributed by atoms with van der Waals surface area (Å²) in [5.41, 5.74) is 1.43. The van der Waals surface area contributed by atoms with Crippen molar-refractivity contribution in [3.05, 3.63) is 29.3 Å². The van der Waals surface area contributed by atoms with Crippen LogP contribution in [-0.2, 0) is 9.53 Å². The summed E-state index contributed by atoms with van der Waals surface area (Å²) in [6.45, 7) is 14.9. The molecule has 4 nitrogen and oxygen atoms in total. The van der Waals surface area contributed by atoms with Crippen molar-refractivity contribution in [2.75, 3.05) is 13.7 Å². The van der Waals surface area contributed by atoms with E-state index in [9.17, 15) is 4.79 Å². The molecule has 0 fully saturated rings. The molecule has 134 valence electrons. The van der Waals surface area contributed by atoms with Crippen molar-refractivity contribution in [3.63, 3.8) is 0 Å². The van der Waals surface area contributed by atoms with E-state index in [1.165, 1.54) is 0 Å². The summed E-state index contributed by atoms with van der Waals surface area (Å²) in [7, 11) is -0.316. The van der Waals surface area contributed by atoms with Crippen molar-refractivity contribution < 1.29 is 18.7 Å². The monoisotopic (exact) mass is 350 g/mol. The number of benzene rings is 1. The number of hydrogen-bond acceptors (Lipinski definition) is 4. The lowest BCUT2D eigenvalue weighted by atomic mass is 10.1. The fraction of sp³-hybridized carbons (Fsp3) is 0.526. The van der Waals surface area contributed by atoms with Gasteiger partial charge in [0.2, 0.25) is 0 Å². The minimum absolute atomic E-state index is 0.108. The third kappa shape index (κ3) is 5.13. The quantitative estimate of drug-likeness (QED) is 0.409. The molecule has 0 atom stereocenters. The van der Waals surface area contributed by atoms with Crippen LogP contribution in [0.4, 0.5) is 0 Å². The minimum atomic E-state index is -1.94. The van der Waals surface area contributed by atoms with Crippen molar-refractivity contribution in [1.82, 2.24) is 0 Å². The van der Waals surface area contributed by atoms with Gasteiger partial charge < -0.3 is 13.9 Å². The number of carbonyl (C=O) groups is 1. The molecule has 1 aromatic rings. The molecule has 0 unspecified atom stereocenters. The lowest BCUT2D eigenvalue weighted by molar-refractivity contribution is -0.138. The number of ether oxygens (including phenoxy) is 2. The van der Waals surface area contributed by atoms with E-state index in [2.05, 4.69) is 33.9 Å². The van der Waals surface area contributed by atoms with Crippen molar-refractivity contribution in [3.8, 4) is 11.5 Å². The van der Waals surface area contributed by atoms with Crippen LogP contribution in [0, 0.1) is 0 Å². The number of esters is 1. The molecule has 0 N–H and O–H groups in total. The molecule has 5 heteroatoms. The molecule has 0 saturated carbocycles. The standard InChI is InChI=1S/C19H30O4Si/c1-9-22-18(20)14(2)12-15-10-11-16(17(13-15)21-6)23-24(7,8)19(3,4)5/h10-13H,9H2,1-8H3. The van der Waals surface area contributed by atoms with Crippen molar-refractivity contribution >= 4 is 20.4 Å². The second-order valence-electron chi connectivity index (χ2n) is 7.32. The molecular weight excluding hydrogens is 320 g/mol. The predicted molar refractivity (Wildman–Crippen MR) is 101 cm³/mol.